The average Bonchev–Trinajstić information content (AvgIpc) is 2.52. The van der Waals surface area contributed by atoms with Crippen molar-refractivity contribution in [3.05, 3.63) is 34.9 Å². The molecule has 1 aromatic rings. The van der Waals surface area contributed by atoms with Gasteiger partial charge in [-0.2, -0.15) is 0 Å². The highest BCUT2D eigenvalue weighted by Gasteiger charge is 2.39. The van der Waals surface area contributed by atoms with Gasteiger partial charge in [0.05, 0.1) is 19.3 Å². The minimum atomic E-state index is 0.108. The molecule has 0 spiro atoms. The Bertz CT molecular complexity index is 468. The number of morpholine rings is 1. The zero-order valence-electron chi connectivity index (χ0n) is 14.2. The van der Waals surface area contributed by atoms with Gasteiger partial charge in [0, 0.05) is 18.6 Å². The van der Waals surface area contributed by atoms with Gasteiger partial charge in [-0.15, -0.1) is 0 Å². The van der Waals surface area contributed by atoms with E-state index >= 15 is 0 Å². The molecular weight excluding hydrogens is 260 g/mol. The number of hydrogen-bond donors (Lipinski definition) is 1. The Morgan fingerprint density at radius 1 is 1.29 bits per heavy atom. The molecule has 2 atom stereocenters. The van der Waals surface area contributed by atoms with Crippen molar-refractivity contribution in [2.24, 2.45) is 0 Å². The Morgan fingerprint density at radius 3 is 2.52 bits per heavy atom. The fourth-order valence-corrected chi connectivity index (χ4v) is 3.56. The van der Waals surface area contributed by atoms with Crippen molar-refractivity contribution in [2.45, 2.75) is 45.7 Å². The minimum absolute atomic E-state index is 0.108. The summed E-state index contributed by atoms with van der Waals surface area (Å²) in [7, 11) is 2.08. The van der Waals surface area contributed by atoms with Crippen LogP contribution in [0.1, 0.15) is 43.0 Å². The topological polar surface area (TPSA) is 24.5 Å². The van der Waals surface area contributed by atoms with E-state index in [2.05, 4.69) is 63.2 Å². The molecule has 118 valence electrons. The van der Waals surface area contributed by atoms with Crippen LogP contribution < -0.4 is 5.32 Å². The fourth-order valence-electron chi connectivity index (χ4n) is 3.56. The van der Waals surface area contributed by atoms with Crippen molar-refractivity contribution in [3.63, 3.8) is 0 Å². The van der Waals surface area contributed by atoms with E-state index in [4.69, 9.17) is 4.74 Å². The van der Waals surface area contributed by atoms with Gasteiger partial charge in [-0.25, -0.2) is 0 Å². The molecule has 0 saturated carbocycles. The molecule has 3 heteroatoms. The Hall–Kier alpha value is -0.900. The molecule has 0 radical (unpaired) electrons. The molecular formula is C18H30N2O. The van der Waals surface area contributed by atoms with Gasteiger partial charge >= 0.3 is 0 Å². The van der Waals surface area contributed by atoms with E-state index < -0.39 is 0 Å². The Kier molecular flexibility index (Phi) is 5.42. The smallest absolute Gasteiger partial charge is 0.0594 e. The molecule has 0 aliphatic carbocycles. The summed E-state index contributed by atoms with van der Waals surface area (Å²) in [6.07, 6.45) is 1.12. The molecule has 3 nitrogen and oxygen atoms in total. The molecule has 2 unspecified atom stereocenters. The number of nitrogens with zero attached hydrogens (tertiary/aromatic N) is 1. The van der Waals surface area contributed by atoms with Crippen LogP contribution in [0.3, 0.4) is 0 Å². The fraction of sp³-hybridized carbons (Fsp3) is 0.667. The third-order valence-electron chi connectivity index (χ3n) is 5.11. The number of aryl methyl sites for hydroxylation is 2. The molecule has 0 amide bonds. The Balaban J connectivity index is 2.38. The van der Waals surface area contributed by atoms with Crippen LogP contribution >= 0.6 is 0 Å². The third kappa shape index (κ3) is 3.31. The third-order valence-corrected chi connectivity index (χ3v) is 5.11. The Labute approximate surface area is 129 Å². The van der Waals surface area contributed by atoms with Crippen molar-refractivity contribution < 1.29 is 4.74 Å². The van der Waals surface area contributed by atoms with Crippen LogP contribution in [-0.4, -0.2) is 43.8 Å². The first-order valence-corrected chi connectivity index (χ1v) is 8.10. The number of ether oxygens (including phenoxy) is 1. The lowest BCUT2D eigenvalue weighted by molar-refractivity contribution is -0.0320. The van der Waals surface area contributed by atoms with Crippen molar-refractivity contribution in [1.82, 2.24) is 10.2 Å². The van der Waals surface area contributed by atoms with Gasteiger partial charge in [-0.1, -0.05) is 30.7 Å². The van der Waals surface area contributed by atoms with Crippen LogP contribution in [-0.2, 0) is 4.74 Å². The first kappa shape index (κ1) is 16.5. The van der Waals surface area contributed by atoms with Crippen LogP contribution in [0.15, 0.2) is 18.2 Å². The molecule has 1 N–H and O–H groups in total. The molecule has 1 aromatic carbocycles. The van der Waals surface area contributed by atoms with Gasteiger partial charge in [0.15, 0.2) is 0 Å². The molecule has 1 heterocycles. The lowest BCUT2D eigenvalue weighted by Gasteiger charge is -2.48. The number of benzene rings is 1. The molecule has 1 aliphatic heterocycles. The monoisotopic (exact) mass is 290 g/mol. The summed E-state index contributed by atoms with van der Waals surface area (Å²) >= 11 is 0. The highest BCUT2D eigenvalue weighted by molar-refractivity contribution is 5.35. The van der Waals surface area contributed by atoms with Crippen molar-refractivity contribution in [3.8, 4) is 0 Å². The van der Waals surface area contributed by atoms with E-state index in [1.165, 1.54) is 16.7 Å². The summed E-state index contributed by atoms with van der Waals surface area (Å²) < 4.78 is 5.54. The molecule has 1 saturated heterocycles. The van der Waals surface area contributed by atoms with Gasteiger partial charge < -0.3 is 10.1 Å². The maximum atomic E-state index is 5.54. The molecule has 2 rings (SSSR count). The van der Waals surface area contributed by atoms with E-state index in [-0.39, 0.29) is 5.54 Å². The summed E-state index contributed by atoms with van der Waals surface area (Å²) in [6.45, 7) is 12.8. The SMILES string of the molecule is CCC(C)(C(NC)c1cc(C)ccc1C)N1CCOCC1. The van der Waals surface area contributed by atoms with E-state index in [0.717, 1.165) is 32.7 Å². The number of nitrogens with one attached hydrogen (secondary N) is 1. The van der Waals surface area contributed by atoms with Crippen molar-refractivity contribution in [2.75, 3.05) is 33.4 Å². The van der Waals surface area contributed by atoms with Crippen LogP contribution in [0.25, 0.3) is 0 Å². The molecule has 1 fully saturated rings. The van der Waals surface area contributed by atoms with Gasteiger partial charge in [0.1, 0.15) is 0 Å². The van der Waals surface area contributed by atoms with Crippen LogP contribution in [0.5, 0.6) is 0 Å². The minimum Gasteiger partial charge on any atom is -0.379 e. The molecule has 0 bridgehead atoms. The largest absolute Gasteiger partial charge is 0.379 e. The van der Waals surface area contributed by atoms with Gasteiger partial charge in [0.25, 0.3) is 0 Å². The van der Waals surface area contributed by atoms with Gasteiger partial charge in [0.2, 0.25) is 0 Å². The summed E-state index contributed by atoms with van der Waals surface area (Å²) in [5.41, 5.74) is 4.23. The van der Waals surface area contributed by atoms with Gasteiger partial charge in [-0.05, 0) is 45.4 Å². The summed E-state index contributed by atoms with van der Waals surface area (Å²) in [6, 6.07) is 7.11. The van der Waals surface area contributed by atoms with Crippen molar-refractivity contribution in [1.29, 1.82) is 0 Å². The Morgan fingerprint density at radius 2 is 1.95 bits per heavy atom. The van der Waals surface area contributed by atoms with Crippen LogP contribution in [0.2, 0.25) is 0 Å². The lowest BCUT2D eigenvalue weighted by Crippen LogP contribution is -2.57. The maximum Gasteiger partial charge on any atom is 0.0594 e. The summed E-state index contributed by atoms with van der Waals surface area (Å²) in [5.74, 6) is 0. The lowest BCUT2D eigenvalue weighted by atomic mass is 9.80. The van der Waals surface area contributed by atoms with Crippen molar-refractivity contribution >= 4 is 0 Å². The average molecular weight is 290 g/mol. The van der Waals surface area contributed by atoms with E-state index in [1.807, 2.05) is 0 Å². The number of likely N-dealkylation sites (N-methyl/N-ethyl adjacent to an activating group) is 1. The second kappa shape index (κ2) is 6.91. The summed E-state index contributed by atoms with van der Waals surface area (Å²) in [5, 5.41) is 3.59. The van der Waals surface area contributed by atoms with Gasteiger partial charge in [-0.3, -0.25) is 4.90 Å². The maximum absolute atomic E-state index is 5.54. The normalized spacial score (nSPS) is 21.0. The van der Waals surface area contributed by atoms with Crippen LogP contribution in [0, 0.1) is 13.8 Å². The van der Waals surface area contributed by atoms with E-state index in [1.54, 1.807) is 0 Å². The number of rotatable bonds is 5. The standard InChI is InChI=1S/C18H30N2O/c1-6-18(4,20-9-11-21-12-10-20)17(19-5)16-13-14(2)7-8-15(16)3/h7-8,13,17,19H,6,9-12H2,1-5H3. The number of hydrogen-bond acceptors (Lipinski definition) is 3. The predicted molar refractivity (Wildman–Crippen MR) is 88.8 cm³/mol. The molecule has 1 aliphatic rings. The first-order valence-electron chi connectivity index (χ1n) is 8.10. The molecule has 21 heavy (non-hydrogen) atoms. The summed E-state index contributed by atoms with van der Waals surface area (Å²) in [4.78, 5) is 2.60. The van der Waals surface area contributed by atoms with Crippen LogP contribution in [0.4, 0.5) is 0 Å². The molecule has 0 aromatic heterocycles. The van der Waals surface area contributed by atoms with E-state index in [9.17, 15) is 0 Å². The first-order chi connectivity index (χ1) is 10.0. The predicted octanol–water partition coefficient (Wildman–Crippen LogP) is 3.06. The van der Waals surface area contributed by atoms with E-state index in [0.29, 0.717) is 6.04 Å². The highest BCUT2D eigenvalue weighted by Crippen LogP contribution is 2.36. The second-order valence-corrected chi connectivity index (χ2v) is 6.39. The second-order valence-electron chi connectivity index (χ2n) is 6.39. The quantitative estimate of drug-likeness (QED) is 0.902. The zero-order chi connectivity index (χ0) is 15.5. The highest BCUT2D eigenvalue weighted by atomic mass is 16.5. The zero-order valence-corrected chi connectivity index (χ0v) is 14.2.